The molecule has 0 bridgehead atoms. The molecule has 2 heterocycles. The molecule has 0 aliphatic carbocycles. The van der Waals surface area contributed by atoms with Crippen molar-refractivity contribution in [1.82, 2.24) is 14.6 Å². The lowest BCUT2D eigenvalue weighted by atomic mass is 10.2. The SMILES string of the molecule is CCOC(=O)c1cnn2cc(N(C)Cc3ccc(OC)cc3)cnc12. The molecule has 0 saturated heterocycles. The Labute approximate surface area is 145 Å². The first-order chi connectivity index (χ1) is 12.1. The second kappa shape index (κ2) is 7.21. The Hall–Kier alpha value is -3.09. The average molecular weight is 340 g/mol. The fourth-order valence-corrected chi connectivity index (χ4v) is 2.51. The van der Waals surface area contributed by atoms with Crippen LogP contribution in [-0.2, 0) is 11.3 Å². The second-order valence-corrected chi connectivity index (χ2v) is 5.56. The number of hydrogen-bond acceptors (Lipinski definition) is 6. The van der Waals surface area contributed by atoms with E-state index in [2.05, 4.69) is 15.0 Å². The smallest absolute Gasteiger partial charge is 0.343 e. The van der Waals surface area contributed by atoms with Gasteiger partial charge >= 0.3 is 5.97 Å². The second-order valence-electron chi connectivity index (χ2n) is 5.56. The molecule has 0 N–H and O–H groups in total. The molecule has 7 heteroatoms. The Morgan fingerprint density at radius 2 is 2.00 bits per heavy atom. The van der Waals surface area contributed by atoms with E-state index < -0.39 is 5.97 Å². The van der Waals surface area contributed by atoms with Crippen molar-refractivity contribution in [2.24, 2.45) is 0 Å². The lowest BCUT2D eigenvalue weighted by Gasteiger charge is -2.19. The Balaban J connectivity index is 1.79. The molecule has 0 atom stereocenters. The summed E-state index contributed by atoms with van der Waals surface area (Å²) in [6.45, 7) is 2.80. The number of aromatic nitrogens is 3. The minimum atomic E-state index is -0.413. The molecule has 3 aromatic rings. The van der Waals surface area contributed by atoms with E-state index in [0.717, 1.165) is 17.0 Å². The minimum absolute atomic E-state index is 0.318. The first-order valence-corrected chi connectivity index (χ1v) is 7.97. The minimum Gasteiger partial charge on any atom is -0.497 e. The van der Waals surface area contributed by atoms with Crippen LogP contribution in [0.4, 0.5) is 5.69 Å². The summed E-state index contributed by atoms with van der Waals surface area (Å²) in [5, 5.41) is 4.20. The van der Waals surface area contributed by atoms with Gasteiger partial charge in [-0.15, -0.1) is 0 Å². The van der Waals surface area contributed by atoms with Crippen LogP contribution in [0.15, 0.2) is 42.9 Å². The van der Waals surface area contributed by atoms with E-state index in [4.69, 9.17) is 9.47 Å². The zero-order valence-electron chi connectivity index (χ0n) is 14.5. The van der Waals surface area contributed by atoms with Crippen molar-refractivity contribution >= 4 is 17.3 Å². The molecule has 0 aliphatic heterocycles. The zero-order chi connectivity index (χ0) is 17.8. The van der Waals surface area contributed by atoms with Crippen LogP contribution in [-0.4, -0.2) is 41.3 Å². The van der Waals surface area contributed by atoms with Gasteiger partial charge in [0.2, 0.25) is 0 Å². The van der Waals surface area contributed by atoms with E-state index >= 15 is 0 Å². The third kappa shape index (κ3) is 3.55. The van der Waals surface area contributed by atoms with Gasteiger partial charge in [0.05, 0.1) is 38.0 Å². The van der Waals surface area contributed by atoms with Gasteiger partial charge in [-0.05, 0) is 24.6 Å². The highest BCUT2D eigenvalue weighted by Gasteiger charge is 2.15. The van der Waals surface area contributed by atoms with Gasteiger partial charge in [0.15, 0.2) is 5.65 Å². The number of benzene rings is 1. The lowest BCUT2D eigenvalue weighted by Crippen LogP contribution is -2.17. The Morgan fingerprint density at radius 1 is 1.24 bits per heavy atom. The topological polar surface area (TPSA) is 69.0 Å². The van der Waals surface area contributed by atoms with E-state index in [1.165, 1.54) is 6.20 Å². The number of anilines is 1. The monoisotopic (exact) mass is 340 g/mol. The summed E-state index contributed by atoms with van der Waals surface area (Å²) in [4.78, 5) is 18.3. The number of hydrogen-bond donors (Lipinski definition) is 0. The van der Waals surface area contributed by atoms with Crippen LogP contribution in [0.3, 0.4) is 0 Å². The molecule has 25 heavy (non-hydrogen) atoms. The van der Waals surface area contributed by atoms with Gasteiger partial charge in [0.1, 0.15) is 11.3 Å². The number of carbonyl (C=O) groups excluding carboxylic acids is 1. The summed E-state index contributed by atoms with van der Waals surface area (Å²) in [6.07, 6.45) is 5.05. The maximum Gasteiger partial charge on any atom is 0.343 e. The normalized spacial score (nSPS) is 10.7. The van der Waals surface area contributed by atoms with Gasteiger partial charge < -0.3 is 14.4 Å². The maximum atomic E-state index is 11.9. The number of rotatable bonds is 6. The molecular weight excluding hydrogens is 320 g/mol. The number of carbonyl (C=O) groups is 1. The molecule has 7 nitrogen and oxygen atoms in total. The van der Waals surface area contributed by atoms with Crippen molar-refractivity contribution < 1.29 is 14.3 Å². The summed E-state index contributed by atoms with van der Waals surface area (Å²) in [7, 11) is 3.62. The molecule has 0 fully saturated rings. The summed E-state index contributed by atoms with van der Waals surface area (Å²) in [6, 6.07) is 7.91. The molecule has 0 saturated carbocycles. The summed E-state index contributed by atoms with van der Waals surface area (Å²) < 4.78 is 11.8. The van der Waals surface area contributed by atoms with Crippen molar-refractivity contribution in [3.05, 3.63) is 54.0 Å². The molecular formula is C18H20N4O3. The van der Waals surface area contributed by atoms with E-state index in [-0.39, 0.29) is 0 Å². The predicted molar refractivity (Wildman–Crippen MR) is 94.0 cm³/mol. The van der Waals surface area contributed by atoms with Gasteiger partial charge in [0, 0.05) is 13.6 Å². The van der Waals surface area contributed by atoms with Crippen LogP contribution in [0.2, 0.25) is 0 Å². The van der Waals surface area contributed by atoms with Crippen LogP contribution in [0, 0.1) is 0 Å². The Bertz CT molecular complexity index is 874. The van der Waals surface area contributed by atoms with E-state index in [1.807, 2.05) is 37.5 Å². The molecule has 2 aromatic heterocycles. The van der Waals surface area contributed by atoms with Gasteiger partial charge in [-0.2, -0.15) is 5.10 Å². The van der Waals surface area contributed by atoms with Crippen LogP contribution in [0.25, 0.3) is 5.65 Å². The van der Waals surface area contributed by atoms with Crippen LogP contribution in [0.1, 0.15) is 22.8 Å². The number of ether oxygens (including phenoxy) is 2. The van der Waals surface area contributed by atoms with Gasteiger partial charge in [-0.3, -0.25) is 0 Å². The van der Waals surface area contributed by atoms with E-state index in [9.17, 15) is 4.79 Å². The van der Waals surface area contributed by atoms with Crippen LogP contribution >= 0.6 is 0 Å². The number of methoxy groups -OCH3 is 1. The first-order valence-electron chi connectivity index (χ1n) is 7.97. The predicted octanol–water partition coefficient (Wildman–Crippen LogP) is 2.55. The lowest BCUT2D eigenvalue weighted by molar-refractivity contribution is 0.0528. The number of fused-ring (bicyclic) bond motifs is 1. The standard InChI is InChI=1S/C18H20N4O3/c1-4-25-18(23)16-10-20-22-12-14(9-19-17(16)22)21(2)11-13-5-7-15(24-3)8-6-13/h5-10,12H,4,11H2,1-3H3. The molecule has 130 valence electrons. The molecule has 1 aromatic carbocycles. The fraction of sp³-hybridized carbons (Fsp3) is 0.278. The quantitative estimate of drug-likeness (QED) is 0.642. The maximum absolute atomic E-state index is 11.9. The van der Waals surface area contributed by atoms with Crippen molar-refractivity contribution in [1.29, 1.82) is 0 Å². The van der Waals surface area contributed by atoms with Crippen molar-refractivity contribution in [3.8, 4) is 5.75 Å². The molecule has 3 rings (SSSR count). The molecule has 0 unspecified atom stereocenters. The third-order valence-electron chi connectivity index (χ3n) is 3.86. The first kappa shape index (κ1) is 16.8. The van der Waals surface area contributed by atoms with Crippen molar-refractivity contribution in [2.45, 2.75) is 13.5 Å². The van der Waals surface area contributed by atoms with Crippen LogP contribution in [0.5, 0.6) is 5.75 Å². The summed E-state index contributed by atoms with van der Waals surface area (Å²) in [5.41, 5.74) is 2.89. The Kier molecular flexibility index (Phi) is 4.83. The number of esters is 1. The van der Waals surface area contributed by atoms with Gasteiger partial charge in [-0.1, -0.05) is 12.1 Å². The van der Waals surface area contributed by atoms with Crippen molar-refractivity contribution in [2.75, 3.05) is 25.7 Å². The van der Waals surface area contributed by atoms with Crippen molar-refractivity contribution in [3.63, 3.8) is 0 Å². The Morgan fingerprint density at radius 3 is 2.68 bits per heavy atom. The zero-order valence-corrected chi connectivity index (χ0v) is 14.5. The molecule has 0 amide bonds. The number of nitrogens with zero attached hydrogens (tertiary/aromatic N) is 4. The average Bonchev–Trinajstić information content (AvgIpc) is 3.05. The molecule has 0 spiro atoms. The summed E-state index contributed by atoms with van der Waals surface area (Å²) in [5.74, 6) is 0.418. The van der Waals surface area contributed by atoms with E-state index in [0.29, 0.717) is 24.4 Å². The van der Waals surface area contributed by atoms with E-state index in [1.54, 1.807) is 24.7 Å². The molecule has 0 radical (unpaired) electrons. The largest absolute Gasteiger partial charge is 0.497 e. The fourth-order valence-electron chi connectivity index (χ4n) is 2.51. The highest BCUT2D eigenvalue weighted by atomic mass is 16.5. The van der Waals surface area contributed by atoms with Crippen LogP contribution < -0.4 is 9.64 Å². The highest BCUT2D eigenvalue weighted by molar-refractivity contribution is 5.95. The van der Waals surface area contributed by atoms with Gasteiger partial charge in [-0.25, -0.2) is 14.3 Å². The molecule has 0 aliphatic rings. The highest BCUT2D eigenvalue weighted by Crippen LogP contribution is 2.18. The third-order valence-corrected chi connectivity index (χ3v) is 3.86. The van der Waals surface area contributed by atoms with Gasteiger partial charge in [0.25, 0.3) is 0 Å². The summed E-state index contributed by atoms with van der Waals surface area (Å²) >= 11 is 0.